The van der Waals surface area contributed by atoms with Gasteiger partial charge in [0.1, 0.15) is 5.82 Å². The van der Waals surface area contributed by atoms with Crippen LogP contribution in [0.2, 0.25) is 0 Å². The first kappa shape index (κ1) is 16.9. The van der Waals surface area contributed by atoms with Gasteiger partial charge in [0.15, 0.2) is 11.5 Å². The Hall–Kier alpha value is -3.25. The number of hydrogen-bond acceptors (Lipinski definition) is 5. The molecule has 2 heterocycles. The zero-order chi connectivity index (χ0) is 18.9. The van der Waals surface area contributed by atoms with Gasteiger partial charge in [0.25, 0.3) is 0 Å². The van der Waals surface area contributed by atoms with Crippen molar-refractivity contribution in [3.63, 3.8) is 0 Å². The zero-order valence-electron chi connectivity index (χ0n) is 15.4. The quantitative estimate of drug-likeness (QED) is 0.539. The molecule has 1 aliphatic carbocycles. The summed E-state index contributed by atoms with van der Waals surface area (Å²) in [6, 6.07) is 22.0. The summed E-state index contributed by atoms with van der Waals surface area (Å²) in [4.78, 5) is 0. The number of rotatable bonds is 6. The monoisotopic (exact) mass is 371 g/mol. The molecule has 6 nitrogen and oxygen atoms in total. The number of nitrogens with one attached hydrogen (secondary N) is 1. The first-order valence-corrected chi connectivity index (χ1v) is 9.57. The normalized spacial score (nSPS) is 14.9. The van der Waals surface area contributed by atoms with Crippen molar-refractivity contribution < 1.29 is 5.11 Å². The van der Waals surface area contributed by atoms with Crippen LogP contribution in [0.15, 0.2) is 66.7 Å². The van der Waals surface area contributed by atoms with E-state index in [1.807, 2.05) is 54.6 Å². The average Bonchev–Trinajstić information content (AvgIpc) is 3.51. The molecule has 1 aliphatic rings. The number of aliphatic hydroxyl groups excluding tert-OH is 1. The van der Waals surface area contributed by atoms with Crippen molar-refractivity contribution in [3.05, 3.63) is 78.1 Å². The summed E-state index contributed by atoms with van der Waals surface area (Å²) >= 11 is 0. The van der Waals surface area contributed by atoms with Gasteiger partial charge in [-0.3, -0.25) is 0 Å². The number of fused-ring (bicyclic) bond motifs is 1. The molecule has 1 unspecified atom stereocenters. The number of aromatic nitrogens is 4. The predicted molar refractivity (Wildman–Crippen MR) is 108 cm³/mol. The molecular formula is C22H21N5O. The van der Waals surface area contributed by atoms with Gasteiger partial charge in [0.2, 0.25) is 0 Å². The van der Waals surface area contributed by atoms with Gasteiger partial charge in [0.05, 0.1) is 6.10 Å². The molecule has 0 aliphatic heterocycles. The molecule has 0 radical (unpaired) electrons. The Morgan fingerprint density at radius 1 is 0.929 bits per heavy atom. The van der Waals surface area contributed by atoms with Gasteiger partial charge in [-0.1, -0.05) is 54.6 Å². The number of aliphatic hydroxyl groups is 1. The summed E-state index contributed by atoms with van der Waals surface area (Å²) in [5.74, 6) is 2.11. The van der Waals surface area contributed by atoms with Gasteiger partial charge < -0.3 is 10.4 Å². The molecule has 1 fully saturated rings. The molecule has 0 saturated heterocycles. The molecular weight excluding hydrogens is 350 g/mol. The highest BCUT2D eigenvalue weighted by molar-refractivity contribution is 5.63. The highest BCUT2D eigenvalue weighted by Crippen LogP contribution is 2.38. The first-order chi connectivity index (χ1) is 13.8. The van der Waals surface area contributed by atoms with E-state index in [9.17, 15) is 5.11 Å². The summed E-state index contributed by atoms with van der Waals surface area (Å²) in [7, 11) is 0. The van der Waals surface area contributed by atoms with E-state index >= 15 is 0 Å². The van der Waals surface area contributed by atoms with E-state index in [0.717, 1.165) is 35.4 Å². The lowest BCUT2D eigenvalue weighted by Gasteiger charge is -2.13. The van der Waals surface area contributed by atoms with Gasteiger partial charge >= 0.3 is 0 Å². The lowest BCUT2D eigenvalue weighted by molar-refractivity contribution is 0.191. The minimum atomic E-state index is -0.619. The van der Waals surface area contributed by atoms with Crippen molar-refractivity contribution in [2.24, 2.45) is 0 Å². The summed E-state index contributed by atoms with van der Waals surface area (Å²) in [6.45, 7) is 0.379. The lowest BCUT2D eigenvalue weighted by atomic mass is 10.0. The van der Waals surface area contributed by atoms with E-state index in [1.54, 1.807) is 4.52 Å². The molecule has 1 saturated carbocycles. The lowest BCUT2D eigenvalue weighted by Crippen LogP contribution is -2.14. The molecule has 4 aromatic rings. The molecule has 140 valence electrons. The second kappa shape index (κ2) is 7.05. The third-order valence-corrected chi connectivity index (χ3v) is 5.11. The van der Waals surface area contributed by atoms with Crippen LogP contribution >= 0.6 is 0 Å². The van der Waals surface area contributed by atoms with E-state index in [2.05, 4.69) is 32.7 Å². The third-order valence-electron chi connectivity index (χ3n) is 5.11. The predicted octanol–water partition coefficient (Wildman–Crippen LogP) is 3.81. The summed E-state index contributed by atoms with van der Waals surface area (Å²) in [5, 5.41) is 26.8. The average molecular weight is 371 g/mol. The van der Waals surface area contributed by atoms with Crippen LogP contribution in [0.4, 0.5) is 5.82 Å². The Morgan fingerprint density at radius 3 is 2.43 bits per heavy atom. The van der Waals surface area contributed by atoms with Crippen LogP contribution in [0.25, 0.3) is 16.8 Å². The van der Waals surface area contributed by atoms with E-state index in [0.29, 0.717) is 18.3 Å². The van der Waals surface area contributed by atoms with Crippen LogP contribution in [-0.4, -0.2) is 31.5 Å². The van der Waals surface area contributed by atoms with Gasteiger partial charge in [-0.2, -0.15) is 4.52 Å². The Labute approximate surface area is 162 Å². The maximum atomic E-state index is 10.5. The molecule has 1 atom stereocenters. The summed E-state index contributed by atoms with van der Waals surface area (Å²) in [6.07, 6.45) is 1.68. The fourth-order valence-corrected chi connectivity index (χ4v) is 3.34. The van der Waals surface area contributed by atoms with Crippen LogP contribution in [-0.2, 0) is 0 Å². The van der Waals surface area contributed by atoms with Gasteiger partial charge in [0, 0.05) is 12.5 Å². The summed E-state index contributed by atoms with van der Waals surface area (Å²) in [5.41, 5.74) is 3.93. The second-order valence-electron chi connectivity index (χ2n) is 7.21. The maximum Gasteiger partial charge on any atom is 0.178 e. The topological polar surface area (TPSA) is 75.3 Å². The molecule has 2 N–H and O–H groups in total. The Kier molecular flexibility index (Phi) is 4.25. The fourth-order valence-electron chi connectivity index (χ4n) is 3.34. The van der Waals surface area contributed by atoms with Crippen LogP contribution < -0.4 is 5.32 Å². The van der Waals surface area contributed by atoms with Gasteiger partial charge in [-0.25, -0.2) is 0 Å². The maximum absolute atomic E-state index is 10.5. The van der Waals surface area contributed by atoms with Crippen molar-refractivity contribution in [1.82, 2.24) is 19.8 Å². The Morgan fingerprint density at radius 2 is 1.68 bits per heavy atom. The largest absolute Gasteiger partial charge is 0.387 e. The number of nitrogens with zero attached hydrogens (tertiary/aromatic N) is 4. The Balaban J connectivity index is 1.27. The SMILES string of the molecule is OC(CNc1ccc2nnc(C3CC3)n2n1)c1ccc(-c2ccccc2)cc1. The number of hydrogen-bond donors (Lipinski definition) is 2. The van der Waals surface area contributed by atoms with Crippen LogP contribution in [0.1, 0.15) is 36.3 Å². The Bertz CT molecular complexity index is 1090. The molecule has 2 aromatic heterocycles. The molecule has 6 heteroatoms. The van der Waals surface area contributed by atoms with Crippen LogP contribution in [0.3, 0.4) is 0 Å². The van der Waals surface area contributed by atoms with Crippen LogP contribution in [0.5, 0.6) is 0 Å². The fraction of sp³-hybridized carbons (Fsp3) is 0.227. The van der Waals surface area contributed by atoms with Crippen LogP contribution in [0, 0.1) is 0 Å². The van der Waals surface area contributed by atoms with E-state index < -0.39 is 6.10 Å². The van der Waals surface area contributed by atoms with Crippen molar-refractivity contribution >= 4 is 11.5 Å². The molecule has 5 rings (SSSR count). The molecule has 2 aromatic carbocycles. The van der Waals surface area contributed by atoms with Crippen molar-refractivity contribution in [3.8, 4) is 11.1 Å². The van der Waals surface area contributed by atoms with Crippen molar-refractivity contribution in [2.75, 3.05) is 11.9 Å². The standard InChI is InChI=1S/C22H21N5O/c28-19(17-8-6-16(7-9-17)15-4-2-1-3-5-15)14-23-20-12-13-21-24-25-22(18-10-11-18)27(21)26-20/h1-9,12-13,18-19,28H,10-11,14H2,(H,23,26). The van der Waals surface area contributed by atoms with Crippen molar-refractivity contribution in [2.45, 2.75) is 24.9 Å². The second-order valence-corrected chi connectivity index (χ2v) is 7.21. The molecule has 0 amide bonds. The summed E-state index contributed by atoms with van der Waals surface area (Å²) < 4.78 is 1.81. The molecule has 0 bridgehead atoms. The van der Waals surface area contributed by atoms with E-state index in [4.69, 9.17) is 0 Å². The minimum Gasteiger partial charge on any atom is -0.387 e. The van der Waals surface area contributed by atoms with Gasteiger partial charge in [-0.05, 0) is 41.7 Å². The third kappa shape index (κ3) is 3.34. The van der Waals surface area contributed by atoms with E-state index in [-0.39, 0.29) is 0 Å². The smallest absolute Gasteiger partial charge is 0.178 e. The molecule has 0 spiro atoms. The number of anilines is 1. The highest BCUT2D eigenvalue weighted by Gasteiger charge is 2.29. The number of benzene rings is 2. The zero-order valence-corrected chi connectivity index (χ0v) is 15.4. The van der Waals surface area contributed by atoms with Gasteiger partial charge in [-0.15, -0.1) is 15.3 Å². The highest BCUT2D eigenvalue weighted by atomic mass is 16.3. The minimum absolute atomic E-state index is 0.379. The first-order valence-electron chi connectivity index (χ1n) is 9.57. The van der Waals surface area contributed by atoms with Crippen molar-refractivity contribution in [1.29, 1.82) is 0 Å². The molecule has 28 heavy (non-hydrogen) atoms. The van der Waals surface area contributed by atoms with E-state index in [1.165, 1.54) is 5.56 Å².